The Labute approximate surface area is 218 Å². The van der Waals surface area contributed by atoms with Crippen LogP contribution >= 0.6 is 0 Å². The molecule has 0 aliphatic rings. The monoisotopic (exact) mass is 486 g/mol. The summed E-state index contributed by atoms with van der Waals surface area (Å²) in [6.07, 6.45) is 0. The average molecular weight is 487 g/mol. The molecule has 3 nitrogen and oxygen atoms in total. The van der Waals surface area contributed by atoms with E-state index in [0.29, 0.717) is 0 Å². The fraction of sp³-hybridized carbons (Fsp3) is 0. The van der Waals surface area contributed by atoms with E-state index in [1.807, 2.05) is 48.5 Å². The van der Waals surface area contributed by atoms with Gasteiger partial charge in [-0.3, -0.25) is 4.79 Å². The first-order chi connectivity index (χ1) is 18.8. The average Bonchev–Trinajstić information content (AvgIpc) is 3.32. The summed E-state index contributed by atoms with van der Waals surface area (Å²) in [4.78, 5) is 13.2. The molecule has 0 bridgehead atoms. The number of benzene rings is 6. The molecule has 0 amide bonds. The number of hydrogen-bond acceptors (Lipinski definition) is 1. The van der Waals surface area contributed by atoms with Crippen LogP contribution in [0.4, 0.5) is 0 Å². The van der Waals surface area contributed by atoms with Crippen LogP contribution in [0, 0.1) is 0 Å². The molecule has 38 heavy (non-hydrogen) atoms. The Morgan fingerprint density at radius 3 is 1.13 bits per heavy atom. The number of pyridine rings is 1. The third-order valence-electron chi connectivity index (χ3n) is 7.68. The van der Waals surface area contributed by atoms with Crippen LogP contribution in [0.3, 0.4) is 0 Å². The summed E-state index contributed by atoms with van der Waals surface area (Å²) in [5, 5.41) is 6.30. The lowest BCUT2D eigenvalue weighted by molar-refractivity contribution is 1.16. The smallest absolute Gasteiger partial charge is 0.197 e. The maximum atomic E-state index is 13.2. The molecule has 0 atom stereocenters. The van der Waals surface area contributed by atoms with Gasteiger partial charge >= 0.3 is 0 Å². The standard InChI is InChI=1S/C35H22N2O/c38-35-29-11-3-7-15-33(29)37(34-16-8-4-12-30(34)35)26-20-18-23-21-25(19-17-24(23)22-26)36-31-13-5-1-9-27(31)28-10-2-6-14-32(28)36/h1-22H. The van der Waals surface area contributed by atoms with Crippen molar-refractivity contribution in [2.75, 3.05) is 0 Å². The summed E-state index contributed by atoms with van der Waals surface area (Å²) >= 11 is 0. The van der Waals surface area contributed by atoms with Crippen LogP contribution in [0.2, 0.25) is 0 Å². The second kappa shape index (κ2) is 7.92. The van der Waals surface area contributed by atoms with Crippen molar-refractivity contribution in [3.05, 3.63) is 144 Å². The van der Waals surface area contributed by atoms with Crippen molar-refractivity contribution in [3.63, 3.8) is 0 Å². The Balaban J connectivity index is 1.36. The van der Waals surface area contributed by atoms with Gasteiger partial charge in [0.05, 0.1) is 22.1 Å². The number of para-hydroxylation sites is 4. The number of hydrogen-bond donors (Lipinski definition) is 0. The van der Waals surface area contributed by atoms with E-state index in [9.17, 15) is 4.79 Å². The van der Waals surface area contributed by atoms with Crippen molar-refractivity contribution in [2.24, 2.45) is 0 Å². The van der Waals surface area contributed by atoms with Gasteiger partial charge in [-0.2, -0.15) is 0 Å². The zero-order valence-electron chi connectivity index (χ0n) is 20.5. The van der Waals surface area contributed by atoms with Gasteiger partial charge in [-0.05, 0) is 71.4 Å². The van der Waals surface area contributed by atoms with Crippen molar-refractivity contribution < 1.29 is 0 Å². The summed E-state index contributed by atoms with van der Waals surface area (Å²) in [7, 11) is 0. The van der Waals surface area contributed by atoms with Crippen molar-refractivity contribution >= 4 is 54.4 Å². The minimum absolute atomic E-state index is 0.0732. The Bertz CT molecular complexity index is 2160. The molecule has 0 saturated carbocycles. The van der Waals surface area contributed by atoms with Crippen molar-refractivity contribution in [3.8, 4) is 11.4 Å². The summed E-state index contributed by atoms with van der Waals surface area (Å²) in [6, 6.07) is 46.1. The van der Waals surface area contributed by atoms with E-state index in [2.05, 4.69) is 94.1 Å². The third-order valence-corrected chi connectivity index (χ3v) is 7.68. The Kier molecular flexibility index (Phi) is 4.38. The van der Waals surface area contributed by atoms with Gasteiger partial charge in [0.2, 0.25) is 0 Å². The van der Waals surface area contributed by atoms with Crippen molar-refractivity contribution in [1.29, 1.82) is 0 Å². The maximum Gasteiger partial charge on any atom is 0.197 e. The lowest BCUT2D eigenvalue weighted by Gasteiger charge is -2.16. The van der Waals surface area contributed by atoms with Gasteiger partial charge in [-0.15, -0.1) is 0 Å². The molecule has 0 unspecified atom stereocenters. The summed E-state index contributed by atoms with van der Waals surface area (Å²) in [6.45, 7) is 0. The lowest BCUT2D eigenvalue weighted by Crippen LogP contribution is -2.10. The molecular formula is C35H22N2O. The van der Waals surface area contributed by atoms with Crippen LogP contribution in [0.5, 0.6) is 0 Å². The highest BCUT2D eigenvalue weighted by Crippen LogP contribution is 2.33. The first-order valence-electron chi connectivity index (χ1n) is 12.8. The molecular weight excluding hydrogens is 464 g/mol. The number of fused-ring (bicyclic) bond motifs is 6. The van der Waals surface area contributed by atoms with Gasteiger partial charge in [-0.1, -0.05) is 72.8 Å². The fourth-order valence-corrected chi connectivity index (χ4v) is 5.97. The van der Waals surface area contributed by atoms with E-state index in [0.717, 1.165) is 38.6 Å². The predicted octanol–water partition coefficient (Wildman–Crippen LogP) is 8.39. The van der Waals surface area contributed by atoms with Gasteiger partial charge in [0.1, 0.15) is 0 Å². The zero-order valence-corrected chi connectivity index (χ0v) is 20.5. The molecule has 0 radical (unpaired) electrons. The molecule has 3 heteroatoms. The number of rotatable bonds is 2. The quantitative estimate of drug-likeness (QED) is 0.225. The molecule has 0 fully saturated rings. The molecule has 0 aliphatic heterocycles. The van der Waals surface area contributed by atoms with Crippen LogP contribution in [-0.2, 0) is 0 Å². The van der Waals surface area contributed by atoms with Crippen LogP contribution in [-0.4, -0.2) is 9.13 Å². The minimum atomic E-state index is 0.0732. The fourth-order valence-electron chi connectivity index (χ4n) is 5.97. The largest absolute Gasteiger partial charge is 0.309 e. The molecule has 0 saturated heterocycles. The Morgan fingerprint density at radius 2 is 0.711 bits per heavy atom. The van der Waals surface area contributed by atoms with Crippen LogP contribution in [0.25, 0.3) is 65.8 Å². The van der Waals surface area contributed by atoms with E-state index in [-0.39, 0.29) is 5.43 Å². The highest BCUT2D eigenvalue weighted by molar-refractivity contribution is 6.09. The predicted molar refractivity (Wildman–Crippen MR) is 159 cm³/mol. The normalized spacial score (nSPS) is 11.8. The highest BCUT2D eigenvalue weighted by Gasteiger charge is 2.14. The summed E-state index contributed by atoms with van der Waals surface area (Å²) in [5.41, 5.74) is 6.49. The maximum absolute atomic E-state index is 13.2. The first-order valence-corrected chi connectivity index (χ1v) is 12.8. The van der Waals surface area contributed by atoms with Crippen LogP contribution in [0.1, 0.15) is 0 Å². The van der Waals surface area contributed by atoms with E-state index in [1.165, 1.54) is 27.2 Å². The van der Waals surface area contributed by atoms with Gasteiger partial charge < -0.3 is 9.13 Å². The highest BCUT2D eigenvalue weighted by atomic mass is 16.1. The molecule has 2 aromatic heterocycles. The Morgan fingerprint density at radius 1 is 0.368 bits per heavy atom. The van der Waals surface area contributed by atoms with Crippen molar-refractivity contribution in [1.82, 2.24) is 9.13 Å². The first kappa shape index (κ1) is 21.0. The molecule has 8 rings (SSSR count). The molecule has 6 aromatic carbocycles. The van der Waals surface area contributed by atoms with Gasteiger partial charge in [-0.25, -0.2) is 0 Å². The third kappa shape index (κ3) is 2.93. The second-order valence-corrected chi connectivity index (χ2v) is 9.78. The number of aromatic nitrogens is 2. The molecule has 2 heterocycles. The van der Waals surface area contributed by atoms with E-state index in [1.54, 1.807) is 0 Å². The summed E-state index contributed by atoms with van der Waals surface area (Å²) < 4.78 is 4.55. The minimum Gasteiger partial charge on any atom is -0.309 e. The Hall–Kier alpha value is -5.15. The molecule has 8 aromatic rings. The van der Waals surface area contributed by atoms with E-state index in [4.69, 9.17) is 0 Å². The van der Waals surface area contributed by atoms with E-state index < -0.39 is 0 Å². The van der Waals surface area contributed by atoms with Gasteiger partial charge in [0.25, 0.3) is 0 Å². The van der Waals surface area contributed by atoms with E-state index >= 15 is 0 Å². The second-order valence-electron chi connectivity index (χ2n) is 9.78. The number of nitrogens with zero attached hydrogens (tertiary/aromatic N) is 2. The van der Waals surface area contributed by atoms with Crippen molar-refractivity contribution in [2.45, 2.75) is 0 Å². The summed E-state index contributed by atoms with van der Waals surface area (Å²) in [5.74, 6) is 0. The molecule has 0 aliphatic carbocycles. The van der Waals surface area contributed by atoms with Crippen LogP contribution in [0.15, 0.2) is 138 Å². The van der Waals surface area contributed by atoms with Crippen LogP contribution < -0.4 is 5.43 Å². The molecule has 0 spiro atoms. The SMILES string of the molecule is O=c1c2ccccc2n(-c2ccc3cc(-n4c5ccccc5c5ccccc54)ccc3c2)c2ccccc12. The van der Waals surface area contributed by atoms with Gasteiger partial charge in [0, 0.05) is 32.9 Å². The molecule has 0 N–H and O–H groups in total. The lowest BCUT2D eigenvalue weighted by atomic mass is 10.1. The van der Waals surface area contributed by atoms with Gasteiger partial charge in [0.15, 0.2) is 5.43 Å². The topological polar surface area (TPSA) is 26.9 Å². The zero-order chi connectivity index (χ0) is 25.2. The molecule has 178 valence electrons.